The van der Waals surface area contributed by atoms with Crippen LogP contribution in [-0.4, -0.2) is 5.78 Å². The fourth-order valence-electron chi connectivity index (χ4n) is 3.27. The molecule has 0 saturated heterocycles. The van der Waals surface area contributed by atoms with Crippen molar-refractivity contribution in [1.29, 1.82) is 0 Å². The monoisotopic (exact) mass is 190 g/mol. The summed E-state index contributed by atoms with van der Waals surface area (Å²) in [5, 5.41) is 0. The number of fused-ring (bicyclic) bond motifs is 1. The third-order valence-corrected chi connectivity index (χ3v) is 4.06. The standard InChI is InChI=1S/C13H18O/c1-3-4-7-13-8-5-6-11(13)12(14)9-10(13)2/h3,9,11H,1,4-8H2,2H3/t11-,13+/m1/s1. The van der Waals surface area contributed by atoms with E-state index in [1.54, 1.807) is 0 Å². The molecule has 2 aliphatic carbocycles. The molecule has 2 aliphatic rings. The van der Waals surface area contributed by atoms with Crippen LogP contribution in [0.1, 0.15) is 39.0 Å². The maximum Gasteiger partial charge on any atom is 0.159 e. The third-order valence-electron chi connectivity index (χ3n) is 4.06. The maximum atomic E-state index is 11.7. The average Bonchev–Trinajstić information content (AvgIpc) is 2.66. The van der Waals surface area contributed by atoms with Crippen molar-refractivity contribution in [3.63, 3.8) is 0 Å². The molecule has 2 atom stereocenters. The molecule has 0 radical (unpaired) electrons. The van der Waals surface area contributed by atoms with Gasteiger partial charge < -0.3 is 0 Å². The number of ketones is 1. The van der Waals surface area contributed by atoms with Gasteiger partial charge in [0.25, 0.3) is 0 Å². The molecule has 2 rings (SSSR count). The number of hydrogen-bond acceptors (Lipinski definition) is 1. The second-order valence-corrected chi connectivity index (χ2v) is 4.66. The molecule has 0 aromatic heterocycles. The molecular weight excluding hydrogens is 172 g/mol. The van der Waals surface area contributed by atoms with Gasteiger partial charge in [-0.05, 0) is 38.7 Å². The highest BCUT2D eigenvalue weighted by Gasteiger charge is 2.49. The summed E-state index contributed by atoms with van der Waals surface area (Å²) in [4.78, 5) is 11.7. The largest absolute Gasteiger partial charge is 0.295 e. The van der Waals surface area contributed by atoms with E-state index in [9.17, 15) is 4.79 Å². The Morgan fingerprint density at radius 1 is 1.71 bits per heavy atom. The highest BCUT2D eigenvalue weighted by molar-refractivity contribution is 5.96. The first-order chi connectivity index (χ1) is 6.70. The molecule has 0 bridgehead atoms. The van der Waals surface area contributed by atoms with Gasteiger partial charge in [0.05, 0.1) is 0 Å². The Morgan fingerprint density at radius 2 is 2.50 bits per heavy atom. The highest BCUT2D eigenvalue weighted by atomic mass is 16.1. The van der Waals surface area contributed by atoms with E-state index in [1.807, 2.05) is 12.2 Å². The average molecular weight is 190 g/mol. The minimum absolute atomic E-state index is 0.227. The molecule has 0 amide bonds. The van der Waals surface area contributed by atoms with Crippen LogP contribution in [0.15, 0.2) is 24.3 Å². The molecule has 76 valence electrons. The third kappa shape index (κ3) is 1.18. The smallest absolute Gasteiger partial charge is 0.159 e. The van der Waals surface area contributed by atoms with Crippen molar-refractivity contribution < 1.29 is 4.79 Å². The molecular formula is C13H18O. The van der Waals surface area contributed by atoms with Gasteiger partial charge in [0.1, 0.15) is 0 Å². The van der Waals surface area contributed by atoms with Crippen LogP contribution in [-0.2, 0) is 4.79 Å². The predicted molar refractivity (Wildman–Crippen MR) is 58.0 cm³/mol. The van der Waals surface area contributed by atoms with Gasteiger partial charge in [0, 0.05) is 11.3 Å². The molecule has 0 spiro atoms. The normalized spacial score (nSPS) is 35.6. The van der Waals surface area contributed by atoms with E-state index in [1.165, 1.54) is 18.4 Å². The van der Waals surface area contributed by atoms with Crippen LogP contribution in [0.4, 0.5) is 0 Å². The van der Waals surface area contributed by atoms with Crippen LogP contribution in [0, 0.1) is 11.3 Å². The van der Waals surface area contributed by atoms with Gasteiger partial charge in [0.2, 0.25) is 0 Å². The summed E-state index contributed by atoms with van der Waals surface area (Å²) < 4.78 is 0. The van der Waals surface area contributed by atoms with E-state index in [0.29, 0.717) is 11.7 Å². The Bertz CT molecular complexity index is 300. The highest BCUT2D eigenvalue weighted by Crippen LogP contribution is 2.55. The molecule has 1 saturated carbocycles. The van der Waals surface area contributed by atoms with Crippen LogP contribution in [0.2, 0.25) is 0 Å². The Kier molecular flexibility index (Phi) is 2.34. The van der Waals surface area contributed by atoms with Crippen molar-refractivity contribution in [1.82, 2.24) is 0 Å². The first kappa shape index (κ1) is 9.70. The summed E-state index contributed by atoms with van der Waals surface area (Å²) in [6.07, 6.45) is 9.54. The molecule has 0 aliphatic heterocycles. The zero-order valence-corrected chi connectivity index (χ0v) is 8.88. The number of rotatable bonds is 3. The Labute approximate surface area is 85.9 Å². The molecule has 1 nitrogen and oxygen atoms in total. The zero-order chi connectivity index (χ0) is 10.2. The molecule has 1 fully saturated rings. The fourth-order valence-corrected chi connectivity index (χ4v) is 3.27. The van der Waals surface area contributed by atoms with Crippen LogP contribution >= 0.6 is 0 Å². The summed E-state index contributed by atoms with van der Waals surface area (Å²) in [6, 6.07) is 0. The number of carbonyl (C=O) groups is 1. The van der Waals surface area contributed by atoms with E-state index < -0.39 is 0 Å². The van der Waals surface area contributed by atoms with E-state index >= 15 is 0 Å². The van der Waals surface area contributed by atoms with Crippen molar-refractivity contribution in [3.8, 4) is 0 Å². The maximum absolute atomic E-state index is 11.7. The van der Waals surface area contributed by atoms with Crippen molar-refractivity contribution in [3.05, 3.63) is 24.3 Å². The number of allylic oxidation sites excluding steroid dienone is 3. The van der Waals surface area contributed by atoms with Crippen molar-refractivity contribution >= 4 is 5.78 Å². The second-order valence-electron chi connectivity index (χ2n) is 4.66. The molecule has 0 aromatic rings. The molecule has 1 heteroatoms. The minimum atomic E-state index is 0.227. The number of carbonyl (C=O) groups excluding carboxylic acids is 1. The summed E-state index contributed by atoms with van der Waals surface area (Å²) >= 11 is 0. The van der Waals surface area contributed by atoms with Gasteiger partial charge in [0.15, 0.2) is 5.78 Å². The Balaban J connectivity index is 2.25. The van der Waals surface area contributed by atoms with Crippen molar-refractivity contribution in [2.24, 2.45) is 11.3 Å². The van der Waals surface area contributed by atoms with Gasteiger partial charge in [-0.15, -0.1) is 6.58 Å². The molecule has 0 N–H and O–H groups in total. The Hall–Kier alpha value is -0.850. The van der Waals surface area contributed by atoms with Gasteiger partial charge in [-0.1, -0.05) is 18.1 Å². The van der Waals surface area contributed by atoms with E-state index in [-0.39, 0.29) is 5.41 Å². The topological polar surface area (TPSA) is 17.1 Å². The first-order valence-electron chi connectivity index (χ1n) is 5.54. The first-order valence-corrected chi connectivity index (χ1v) is 5.54. The minimum Gasteiger partial charge on any atom is -0.295 e. The van der Waals surface area contributed by atoms with Crippen LogP contribution in [0.3, 0.4) is 0 Å². The fraction of sp³-hybridized carbons (Fsp3) is 0.615. The van der Waals surface area contributed by atoms with Crippen LogP contribution < -0.4 is 0 Å². The molecule has 0 unspecified atom stereocenters. The number of hydrogen-bond donors (Lipinski definition) is 0. The summed E-state index contributed by atoms with van der Waals surface area (Å²) in [5.74, 6) is 0.687. The quantitative estimate of drug-likeness (QED) is 0.624. The molecule has 14 heavy (non-hydrogen) atoms. The zero-order valence-electron chi connectivity index (χ0n) is 8.88. The SMILES string of the molecule is C=CCC[C@@]12CCC[C@@H]1C(=O)C=C2C. The predicted octanol–water partition coefficient (Wildman–Crippen LogP) is 3.27. The van der Waals surface area contributed by atoms with Crippen LogP contribution in [0.25, 0.3) is 0 Å². The van der Waals surface area contributed by atoms with E-state index in [0.717, 1.165) is 19.3 Å². The van der Waals surface area contributed by atoms with Crippen molar-refractivity contribution in [2.75, 3.05) is 0 Å². The summed E-state index contributed by atoms with van der Waals surface area (Å²) in [5.41, 5.74) is 1.55. The lowest BCUT2D eigenvalue weighted by Crippen LogP contribution is -2.25. The van der Waals surface area contributed by atoms with Crippen LogP contribution in [0.5, 0.6) is 0 Å². The molecule has 0 aromatic carbocycles. The lowest BCUT2D eigenvalue weighted by atomic mass is 9.73. The van der Waals surface area contributed by atoms with Gasteiger partial charge in [-0.25, -0.2) is 0 Å². The lowest BCUT2D eigenvalue weighted by Gasteiger charge is -2.30. The van der Waals surface area contributed by atoms with E-state index in [4.69, 9.17) is 0 Å². The summed E-state index contributed by atoms with van der Waals surface area (Å²) in [6.45, 7) is 5.90. The summed E-state index contributed by atoms with van der Waals surface area (Å²) in [7, 11) is 0. The van der Waals surface area contributed by atoms with Crippen molar-refractivity contribution in [2.45, 2.75) is 39.0 Å². The van der Waals surface area contributed by atoms with Gasteiger partial charge >= 0.3 is 0 Å². The second kappa shape index (κ2) is 3.38. The van der Waals surface area contributed by atoms with E-state index in [2.05, 4.69) is 13.5 Å². The van der Waals surface area contributed by atoms with Gasteiger partial charge in [-0.2, -0.15) is 0 Å². The molecule has 0 heterocycles. The van der Waals surface area contributed by atoms with Gasteiger partial charge in [-0.3, -0.25) is 4.79 Å². The lowest BCUT2D eigenvalue weighted by molar-refractivity contribution is -0.119. The Morgan fingerprint density at radius 3 is 3.21 bits per heavy atom.